The molecule has 2 atom stereocenters. The number of nitrogens with one attached hydrogen (secondary N) is 2. The Hall–Kier alpha value is -3.35. The number of likely N-dealkylation sites (N-methyl/N-ethyl adjacent to an activating group) is 1. The molecule has 0 heterocycles. The summed E-state index contributed by atoms with van der Waals surface area (Å²) in [6.45, 7) is 5.10. The SMILES string of the molecule is CC(C)[C@@H](NC(=O)Nc1ccccc1)C(=O)OCC(=O)N(C)[C@@H](C)c1ccccc1. The molecule has 0 saturated carbocycles. The van der Waals surface area contributed by atoms with Crippen LogP contribution in [0.1, 0.15) is 32.4 Å². The number of para-hydroxylation sites is 1. The van der Waals surface area contributed by atoms with Gasteiger partial charge in [-0.3, -0.25) is 4.79 Å². The number of nitrogens with zero attached hydrogens (tertiary/aromatic N) is 1. The highest BCUT2D eigenvalue weighted by Gasteiger charge is 2.27. The number of carbonyl (C=O) groups excluding carboxylic acids is 3. The van der Waals surface area contributed by atoms with Gasteiger partial charge < -0.3 is 20.3 Å². The van der Waals surface area contributed by atoms with Gasteiger partial charge in [0.15, 0.2) is 6.61 Å². The fraction of sp³-hybridized carbons (Fsp3) is 0.348. The molecule has 2 rings (SSSR count). The average molecular weight is 412 g/mol. The van der Waals surface area contributed by atoms with Crippen LogP contribution in [0.15, 0.2) is 60.7 Å². The van der Waals surface area contributed by atoms with Crippen molar-refractivity contribution in [3.8, 4) is 0 Å². The summed E-state index contributed by atoms with van der Waals surface area (Å²) >= 11 is 0. The molecular formula is C23H29N3O4. The highest BCUT2D eigenvalue weighted by Crippen LogP contribution is 2.18. The Balaban J connectivity index is 1.89. The van der Waals surface area contributed by atoms with Crippen molar-refractivity contribution in [3.63, 3.8) is 0 Å². The van der Waals surface area contributed by atoms with Crippen molar-refractivity contribution in [1.29, 1.82) is 0 Å². The monoisotopic (exact) mass is 411 g/mol. The van der Waals surface area contributed by atoms with Gasteiger partial charge in [-0.25, -0.2) is 9.59 Å². The second kappa shape index (κ2) is 11.0. The molecule has 160 valence electrons. The summed E-state index contributed by atoms with van der Waals surface area (Å²) in [5, 5.41) is 5.28. The number of anilines is 1. The smallest absolute Gasteiger partial charge is 0.329 e. The molecule has 0 saturated heterocycles. The second-order valence-electron chi connectivity index (χ2n) is 7.39. The Labute approximate surface area is 177 Å². The molecule has 7 heteroatoms. The Morgan fingerprint density at radius 1 is 0.933 bits per heavy atom. The molecule has 0 aromatic heterocycles. The van der Waals surface area contributed by atoms with E-state index in [0.29, 0.717) is 5.69 Å². The molecule has 3 amide bonds. The lowest BCUT2D eigenvalue weighted by atomic mass is 10.1. The number of benzene rings is 2. The molecule has 0 fully saturated rings. The van der Waals surface area contributed by atoms with E-state index in [1.807, 2.05) is 43.3 Å². The van der Waals surface area contributed by atoms with Crippen molar-refractivity contribution >= 4 is 23.6 Å². The average Bonchev–Trinajstić information content (AvgIpc) is 2.75. The normalized spacial score (nSPS) is 12.6. The third-order valence-corrected chi connectivity index (χ3v) is 4.83. The molecule has 0 bridgehead atoms. The Morgan fingerprint density at radius 3 is 2.07 bits per heavy atom. The quantitative estimate of drug-likeness (QED) is 0.650. The summed E-state index contributed by atoms with van der Waals surface area (Å²) in [6.07, 6.45) is 0. The molecule has 0 aliphatic carbocycles. The van der Waals surface area contributed by atoms with E-state index in [2.05, 4.69) is 10.6 Å². The van der Waals surface area contributed by atoms with E-state index in [-0.39, 0.29) is 17.9 Å². The number of carbonyl (C=O) groups is 3. The number of esters is 1. The van der Waals surface area contributed by atoms with Crippen LogP contribution in [0.2, 0.25) is 0 Å². The maximum atomic E-state index is 12.5. The zero-order valence-corrected chi connectivity index (χ0v) is 17.8. The maximum Gasteiger partial charge on any atom is 0.329 e. The van der Waals surface area contributed by atoms with Gasteiger partial charge in [0.25, 0.3) is 5.91 Å². The zero-order chi connectivity index (χ0) is 22.1. The minimum Gasteiger partial charge on any atom is -0.454 e. The lowest BCUT2D eigenvalue weighted by Gasteiger charge is -2.26. The first-order chi connectivity index (χ1) is 14.3. The molecule has 0 aliphatic rings. The van der Waals surface area contributed by atoms with Crippen LogP contribution in [0.25, 0.3) is 0 Å². The van der Waals surface area contributed by atoms with Crippen molar-refractivity contribution < 1.29 is 19.1 Å². The number of urea groups is 1. The van der Waals surface area contributed by atoms with Gasteiger partial charge in [-0.05, 0) is 30.5 Å². The van der Waals surface area contributed by atoms with Crippen molar-refractivity contribution in [1.82, 2.24) is 10.2 Å². The minimum atomic E-state index is -0.877. The van der Waals surface area contributed by atoms with Gasteiger partial charge >= 0.3 is 12.0 Å². The van der Waals surface area contributed by atoms with E-state index in [1.165, 1.54) is 4.90 Å². The van der Waals surface area contributed by atoms with Crippen LogP contribution in [0, 0.1) is 5.92 Å². The van der Waals surface area contributed by atoms with Crippen LogP contribution in [0.5, 0.6) is 0 Å². The number of amides is 3. The molecule has 0 radical (unpaired) electrons. The first-order valence-electron chi connectivity index (χ1n) is 9.89. The van der Waals surface area contributed by atoms with E-state index >= 15 is 0 Å². The van der Waals surface area contributed by atoms with Crippen LogP contribution in [0.3, 0.4) is 0 Å². The third kappa shape index (κ3) is 6.62. The van der Waals surface area contributed by atoms with Crippen LogP contribution in [-0.4, -0.2) is 42.5 Å². The van der Waals surface area contributed by atoms with E-state index < -0.39 is 24.6 Å². The van der Waals surface area contributed by atoms with Gasteiger partial charge in [0.05, 0.1) is 6.04 Å². The third-order valence-electron chi connectivity index (χ3n) is 4.83. The van der Waals surface area contributed by atoms with Crippen LogP contribution >= 0.6 is 0 Å². The fourth-order valence-electron chi connectivity index (χ4n) is 2.82. The molecular weight excluding hydrogens is 382 g/mol. The molecule has 2 N–H and O–H groups in total. The summed E-state index contributed by atoms with van der Waals surface area (Å²) in [5.41, 5.74) is 1.59. The highest BCUT2D eigenvalue weighted by atomic mass is 16.5. The lowest BCUT2D eigenvalue weighted by Crippen LogP contribution is -2.47. The topological polar surface area (TPSA) is 87.7 Å². The van der Waals surface area contributed by atoms with Crippen LogP contribution in [0.4, 0.5) is 10.5 Å². The van der Waals surface area contributed by atoms with Gasteiger partial charge in [0.2, 0.25) is 0 Å². The largest absolute Gasteiger partial charge is 0.454 e. The number of ether oxygens (including phenoxy) is 1. The second-order valence-corrected chi connectivity index (χ2v) is 7.39. The van der Waals surface area contributed by atoms with E-state index in [4.69, 9.17) is 4.74 Å². The molecule has 0 spiro atoms. The van der Waals surface area contributed by atoms with Crippen molar-refractivity contribution in [2.75, 3.05) is 19.0 Å². The first-order valence-corrected chi connectivity index (χ1v) is 9.89. The number of hydrogen-bond acceptors (Lipinski definition) is 4. The summed E-state index contributed by atoms with van der Waals surface area (Å²) in [5.74, 6) is -1.19. The predicted molar refractivity (Wildman–Crippen MR) is 116 cm³/mol. The number of hydrogen-bond donors (Lipinski definition) is 2. The van der Waals surface area contributed by atoms with E-state index in [0.717, 1.165) is 5.56 Å². The first kappa shape index (κ1) is 22.9. The van der Waals surface area contributed by atoms with Crippen molar-refractivity contribution in [3.05, 3.63) is 66.2 Å². The van der Waals surface area contributed by atoms with E-state index in [9.17, 15) is 14.4 Å². The lowest BCUT2D eigenvalue weighted by molar-refractivity contribution is -0.154. The van der Waals surface area contributed by atoms with Gasteiger partial charge in [0, 0.05) is 12.7 Å². The molecule has 2 aromatic carbocycles. The summed E-state index contributed by atoms with van der Waals surface area (Å²) in [7, 11) is 1.67. The minimum absolute atomic E-state index is 0.159. The summed E-state index contributed by atoms with van der Waals surface area (Å²) in [6, 6.07) is 16.9. The molecule has 0 aliphatic heterocycles. The maximum absolute atomic E-state index is 12.5. The summed E-state index contributed by atoms with van der Waals surface area (Å²) < 4.78 is 5.21. The van der Waals surface area contributed by atoms with Gasteiger partial charge in [-0.2, -0.15) is 0 Å². The van der Waals surface area contributed by atoms with Crippen LogP contribution in [-0.2, 0) is 14.3 Å². The predicted octanol–water partition coefficient (Wildman–Crippen LogP) is 3.60. The fourth-order valence-corrected chi connectivity index (χ4v) is 2.82. The molecule has 30 heavy (non-hydrogen) atoms. The van der Waals surface area contributed by atoms with Crippen LogP contribution < -0.4 is 10.6 Å². The molecule has 0 unspecified atom stereocenters. The van der Waals surface area contributed by atoms with Gasteiger partial charge in [0.1, 0.15) is 6.04 Å². The Bertz CT molecular complexity index is 840. The Kier molecular flexibility index (Phi) is 8.41. The molecule has 2 aromatic rings. The molecule has 7 nitrogen and oxygen atoms in total. The van der Waals surface area contributed by atoms with Gasteiger partial charge in [-0.15, -0.1) is 0 Å². The van der Waals surface area contributed by atoms with Gasteiger partial charge in [-0.1, -0.05) is 62.4 Å². The Morgan fingerprint density at radius 2 is 1.50 bits per heavy atom. The van der Waals surface area contributed by atoms with E-state index in [1.54, 1.807) is 45.2 Å². The zero-order valence-electron chi connectivity index (χ0n) is 17.8. The van der Waals surface area contributed by atoms with Crippen molar-refractivity contribution in [2.45, 2.75) is 32.9 Å². The summed E-state index contributed by atoms with van der Waals surface area (Å²) in [4.78, 5) is 38.7. The highest BCUT2D eigenvalue weighted by molar-refractivity contribution is 5.93. The van der Waals surface area contributed by atoms with Crippen molar-refractivity contribution in [2.24, 2.45) is 5.92 Å². The number of rotatable bonds is 8. The standard InChI is InChI=1S/C23H29N3O4/c1-16(2)21(25-23(29)24-19-13-9-6-10-14-19)22(28)30-15-20(27)26(4)17(3)18-11-7-5-8-12-18/h5-14,16-17,21H,15H2,1-4H3,(H2,24,25,29)/t17-,21+/m0/s1.